The van der Waals surface area contributed by atoms with Crippen LogP contribution in [0.4, 0.5) is 0 Å². The van der Waals surface area contributed by atoms with E-state index in [1.165, 1.54) is 25.7 Å². The fraction of sp³-hybridized carbons (Fsp3) is 0.875. The van der Waals surface area contributed by atoms with E-state index in [1.54, 1.807) is 0 Å². The zero-order chi connectivity index (χ0) is 19.2. The van der Waals surface area contributed by atoms with Crippen molar-refractivity contribution in [3.05, 3.63) is 12.2 Å². The first kappa shape index (κ1) is 19.6. The molecule has 0 bridgehead atoms. The van der Waals surface area contributed by atoms with Crippen molar-refractivity contribution >= 4 is 5.78 Å². The van der Waals surface area contributed by atoms with Gasteiger partial charge in [0.2, 0.25) is 0 Å². The Morgan fingerprint density at radius 1 is 1.11 bits per heavy atom. The van der Waals surface area contributed by atoms with Gasteiger partial charge in [-0.3, -0.25) is 4.79 Å². The highest BCUT2D eigenvalue weighted by Gasteiger charge is 2.61. The number of Topliss-reactive ketones (excluding diaryl/α,β-unsaturated/α-hetero) is 1. The van der Waals surface area contributed by atoms with Crippen LogP contribution in [0.25, 0.3) is 0 Å². The molecule has 8 atom stereocenters. The van der Waals surface area contributed by atoms with Crippen LogP contribution in [-0.2, 0) is 4.79 Å². The predicted molar refractivity (Wildman–Crippen MR) is 109 cm³/mol. The standard InChI is InChI=1S/C24H39NO2/c1-23-10-8-16(5-3-4-12-25)13-21(23)17(15-26)14-18-19-6-7-22(27)24(19,2)11-9-20(18)23/h3,5,16-21,26H,4,6-15,25H2,1-2H3/t16-,17-,18+,19+,20+,21?,23-,24+/m1/s1. The summed E-state index contributed by atoms with van der Waals surface area (Å²) in [5, 5.41) is 10.3. The maximum Gasteiger partial charge on any atom is 0.139 e. The Morgan fingerprint density at radius 2 is 1.93 bits per heavy atom. The minimum atomic E-state index is -0.0630. The number of ketones is 1. The van der Waals surface area contributed by atoms with Crippen molar-refractivity contribution in [3.8, 4) is 0 Å². The molecule has 4 rings (SSSR count). The first-order chi connectivity index (χ1) is 12.9. The molecule has 4 saturated carbocycles. The Kier molecular flexibility index (Phi) is 5.31. The lowest BCUT2D eigenvalue weighted by atomic mass is 9.42. The van der Waals surface area contributed by atoms with Crippen molar-refractivity contribution in [1.29, 1.82) is 0 Å². The van der Waals surface area contributed by atoms with Crippen LogP contribution in [0, 0.1) is 46.3 Å². The second-order valence-corrected chi connectivity index (χ2v) is 10.6. The SMILES string of the molecule is C[C@]12CC[C@@H](C=CCCN)CC1[C@@H](CO)C[C@@H]1[C@@H]2CC[C@]2(C)C(=O)CC[C@@H]12. The fourth-order valence-electron chi connectivity index (χ4n) is 8.07. The van der Waals surface area contributed by atoms with Gasteiger partial charge in [-0.05, 0) is 98.8 Å². The molecule has 0 radical (unpaired) electrons. The summed E-state index contributed by atoms with van der Waals surface area (Å²) >= 11 is 0. The lowest BCUT2D eigenvalue weighted by molar-refractivity contribution is -0.152. The van der Waals surface area contributed by atoms with Gasteiger partial charge in [-0.1, -0.05) is 26.0 Å². The maximum absolute atomic E-state index is 12.6. The van der Waals surface area contributed by atoms with Crippen molar-refractivity contribution in [3.63, 3.8) is 0 Å². The largest absolute Gasteiger partial charge is 0.396 e. The fourth-order valence-corrected chi connectivity index (χ4v) is 8.07. The highest BCUT2D eigenvalue weighted by molar-refractivity contribution is 5.87. The van der Waals surface area contributed by atoms with Crippen molar-refractivity contribution in [2.75, 3.05) is 13.2 Å². The maximum atomic E-state index is 12.6. The number of carbonyl (C=O) groups is 1. The van der Waals surface area contributed by atoms with Gasteiger partial charge >= 0.3 is 0 Å². The van der Waals surface area contributed by atoms with E-state index in [9.17, 15) is 9.90 Å². The second-order valence-electron chi connectivity index (χ2n) is 10.6. The second kappa shape index (κ2) is 7.30. The van der Waals surface area contributed by atoms with Crippen molar-refractivity contribution in [1.82, 2.24) is 0 Å². The first-order valence-corrected chi connectivity index (χ1v) is 11.4. The smallest absolute Gasteiger partial charge is 0.139 e. The van der Waals surface area contributed by atoms with E-state index >= 15 is 0 Å². The van der Waals surface area contributed by atoms with Crippen molar-refractivity contribution < 1.29 is 9.90 Å². The van der Waals surface area contributed by atoms with E-state index in [0.29, 0.717) is 47.4 Å². The number of nitrogens with two attached hydrogens (primary N) is 1. The van der Waals surface area contributed by atoms with Gasteiger partial charge in [0.1, 0.15) is 5.78 Å². The molecular weight excluding hydrogens is 334 g/mol. The quantitative estimate of drug-likeness (QED) is 0.721. The van der Waals surface area contributed by atoms with E-state index in [2.05, 4.69) is 26.0 Å². The number of fused-ring (bicyclic) bond motifs is 5. The molecule has 0 saturated heterocycles. The molecule has 0 aromatic heterocycles. The summed E-state index contributed by atoms with van der Waals surface area (Å²) in [5.41, 5.74) is 5.93. The van der Waals surface area contributed by atoms with Crippen LogP contribution in [0.3, 0.4) is 0 Å². The molecule has 1 unspecified atom stereocenters. The zero-order valence-corrected chi connectivity index (χ0v) is 17.3. The third-order valence-electron chi connectivity index (χ3n) is 9.57. The number of carbonyl (C=O) groups excluding carboxylic acids is 1. The molecule has 4 aliphatic rings. The van der Waals surface area contributed by atoms with Crippen LogP contribution in [-0.4, -0.2) is 24.0 Å². The molecule has 27 heavy (non-hydrogen) atoms. The molecule has 0 aromatic carbocycles. The lowest BCUT2D eigenvalue weighted by Gasteiger charge is -2.62. The number of allylic oxidation sites excluding steroid dienone is 1. The van der Waals surface area contributed by atoms with E-state index in [-0.39, 0.29) is 5.41 Å². The predicted octanol–water partition coefficient (Wildman–Crippen LogP) is 4.34. The minimum Gasteiger partial charge on any atom is -0.396 e. The molecule has 0 aromatic rings. The lowest BCUT2D eigenvalue weighted by Crippen LogP contribution is -2.56. The number of aliphatic hydroxyl groups excluding tert-OH is 1. The monoisotopic (exact) mass is 373 g/mol. The van der Waals surface area contributed by atoms with E-state index in [0.717, 1.165) is 44.6 Å². The Balaban J connectivity index is 1.58. The molecule has 4 aliphatic carbocycles. The molecule has 3 nitrogen and oxygen atoms in total. The highest BCUT2D eigenvalue weighted by Crippen LogP contribution is 2.67. The molecular formula is C24H39NO2. The van der Waals surface area contributed by atoms with Gasteiger partial charge in [-0.25, -0.2) is 0 Å². The van der Waals surface area contributed by atoms with Crippen LogP contribution < -0.4 is 5.73 Å². The average molecular weight is 374 g/mol. The Labute approximate surface area is 165 Å². The first-order valence-electron chi connectivity index (χ1n) is 11.4. The summed E-state index contributed by atoms with van der Waals surface area (Å²) in [6, 6.07) is 0. The average Bonchev–Trinajstić information content (AvgIpc) is 2.96. The molecule has 3 heteroatoms. The van der Waals surface area contributed by atoms with Crippen LogP contribution in [0.2, 0.25) is 0 Å². The number of aliphatic hydroxyl groups is 1. The normalized spacial score (nSPS) is 49.7. The Hall–Kier alpha value is -0.670. The third-order valence-corrected chi connectivity index (χ3v) is 9.57. The molecule has 0 spiro atoms. The van der Waals surface area contributed by atoms with Gasteiger partial charge in [-0.2, -0.15) is 0 Å². The minimum absolute atomic E-state index is 0.0630. The summed E-state index contributed by atoms with van der Waals surface area (Å²) in [4.78, 5) is 12.6. The van der Waals surface area contributed by atoms with E-state index in [4.69, 9.17) is 5.73 Å². The summed E-state index contributed by atoms with van der Waals surface area (Å²) in [7, 11) is 0. The van der Waals surface area contributed by atoms with Gasteiger partial charge in [-0.15, -0.1) is 0 Å². The van der Waals surface area contributed by atoms with Crippen LogP contribution in [0.15, 0.2) is 12.2 Å². The van der Waals surface area contributed by atoms with Crippen LogP contribution >= 0.6 is 0 Å². The Morgan fingerprint density at radius 3 is 2.67 bits per heavy atom. The van der Waals surface area contributed by atoms with Crippen LogP contribution in [0.1, 0.15) is 71.6 Å². The van der Waals surface area contributed by atoms with Gasteiger partial charge in [0.05, 0.1) is 0 Å². The zero-order valence-electron chi connectivity index (χ0n) is 17.3. The van der Waals surface area contributed by atoms with Crippen molar-refractivity contribution in [2.24, 2.45) is 52.1 Å². The number of hydrogen-bond donors (Lipinski definition) is 2. The Bertz CT molecular complexity index is 601. The number of rotatable bonds is 4. The molecule has 0 amide bonds. The third kappa shape index (κ3) is 3.04. The van der Waals surface area contributed by atoms with E-state index < -0.39 is 0 Å². The van der Waals surface area contributed by atoms with Crippen molar-refractivity contribution in [2.45, 2.75) is 71.6 Å². The molecule has 0 heterocycles. The topological polar surface area (TPSA) is 63.3 Å². The summed E-state index contributed by atoms with van der Waals surface area (Å²) < 4.78 is 0. The summed E-state index contributed by atoms with van der Waals surface area (Å²) in [6.45, 7) is 5.84. The molecule has 3 N–H and O–H groups in total. The molecule has 152 valence electrons. The highest BCUT2D eigenvalue weighted by atomic mass is 16.3. The molecule has 4 fully saturated rings. The van der Waals surface area contributed by atoms with E-state index in [1.807, 2.05) is 0 Å². The van der Waals surface area contributed by atoms with Gasteiger partial charge < -0.3 is 10.8 Å². The summed E-state index contributed by atoms with van der Waals surface area (Å²) in [6.07, 6.45) is 14.8. The van der Waals surface area contributed by atoms with Gasteiger partial charge in [0.15, 0.2) is 0 Å². The summed E-state index contributed by atoms with van der Waals surface area (Å²) in [5.74, 6) is 4.19. The number of hydrogen-bond acceptors (Lipinski definition) is 3. The van der Waals surface area contributed by atoms with Gasteiger partial charge in [0, 0.05) is 18.4 Å². The van der Waals surface area contributed by atoms with Gasteiger partial charge in [0.25, 0.3) is 0 Å². The van der Waals surface area contributed by atoms with Crippen LogP contribution in [0.5, 0.6) is 0 Å². The molecule has 0 aliphatic heterocycles.